The van der Waals surface area contributed by atoms with Gasteiger partial charge in [-0.05, 0) is 18.2 Å². The number of fused-ring (bicyclic) bond motifs is 1. The third kappa shape index (κ3) is 2.12. The topological polar surface area (TPSA) is 103 Å². The molecule has 3 rings (SSSR count). The highest BCUT2D eigenvalue weighted by atomic mass is 16.2. The molecule has 0 spiro atoms. The molecule has 0 saturated carbocycles. The van der Waals surface area contributed by atoms with Crippen LogP contribution in [0.5, 0.6) is 0 Å². The van der Waals surface area contributed by atoms with E-state index in [2.05, 4.69) is 26.0 Å². The first-order valence-electron chi connectivity index (χ1n) is 5.93. The lowest BCUT2D eigenvalue weighted by atomic mass is 10.2. The van der Waals surface area contributed by atoms with Gasteiger partial charge < -0.3 is 4.98 Å². The summed E-state index contributed by atoms with van der Waals surface area (Å²) in [5, 5.41) is 7.39. The van der Waals surface area contributed by atoms with Gasteiger partial charge in [0.15, 0.2) is 5.69 Å². The van der Waals surface area contributed by atoms with E-state index in [4.69, 9.17) is 0 Å². The smallest absolute Gasteiger partial charge is 0.290 e. The van der Waals surface area contributed by atoms with Crippen LogP contribution in [0.25, 0.3) is 10.9 Å². The van der Waals surface area contributed by atoms with Crippen molar-refractivity contribution >= 4 is 22.7 Å². The number of aromatic amines is 2. The van der Waals surface area contributed by atoms with Gasteiger partial charge in [-0.15, -0.1) is 0 Å². The SMILES string of the molecule is O=C(NNC(=O)c1n[nH]c2ccccc12)c1ccc[nH]1. The molecule has 2 heterocycles. The van der Waals surface area contributed by atoms with E-state index < -0.39 is 11.8 Å². The first kappa shape index (κ1) is 12.0. The molecule has 0 aliphatic carbocycles. The number of H-pyrrole nitrogens is 2. The molecule has 2 amide bonds. The highest BCUT2D eigenvalue weighted by Gasteiger charge is 2.14. The van der Waals surface area contributed by atoms with Gasteiger partial charge in [-0.3, -0.25) is 25.5 Å². The number of rotatable bonds is 2. The average Bonchev–Trinajstić information content (AvgIpc) is 3.13. The molecule has 20 heavy (non-hydrogen) atoms. The van der Waals surface area contributed by atoms with Crippen LogP contribution in [0.2, 0.25) is 0 Å². The molecule has 0 aliphatic heterocycles. The normalized spacial score (nSPS) is 10.4. The highest BCUT2D eigenvalue weighted by molar-refractivity contribution is 6.05. The molecule has 100 valence electrons. The van der Waals surface area contributed by atoms with Crippen LogP contribution in [0.1, 0.15) is 21.0 Å². The predicted octanol–water partition coefficient (Wildman–Crippen LogP) is 0.966. The molecule has 0 unspecified atom stereocenters. The van der Waals surface area contributed by atoms with E-state index in [9.17, 15) is 9.59 Å². The minimum absolute atomic E-state index is 0.229. The Kier molecular flexibility index (Phi) is 2.92. The minimum Gasteiger partial charge on any atom is -0.357 e. The fraction of sp³-hybridized carbons (Fsp3) is 0. The predicted molar refractivity (Wildman–Crippen MR) is 71.8 cm³/mol. The lowest BCUT2D eigenvalue weighted by Crippen LogP contribution is -2.42. The third-order valence-corrected chi connectivity index (χ3v) is 2.82. The van der Waals surface area contributed by atoms with Gasteiger partial charge in [0.05, 0.1) is 5.52 Å². The van der Waals surface area contributed by atoms with Crippen molar-refractivity contribution in [3.8, 4) is 0 Å². The fourth-order valence-corrected chi connectivity index (χ4v) is 1.85. The number of carbonyl (C=O) groups excluding carboxylic acids is 2. The molecule has 7 nitrogen and oxygen atoms in total. The van der Waals surface area contributed by atoms with Gasteiger partial charge in [0.25, 0.3) is 11.8 Å². The number of nitrogens with zero attached hydrogens (tertiary/aromatic N) is 1. The molecule has 0 fully saturated rings. The summed E-state index contributed by atoms with van der Waals surface area (Å²) in [5.41, 5.74) is 5.98. The molecule has 2 aromatic heterocycles. The molecular formula is C13H11N5O2. The standard InChI is InChI=1S/C13H11N5O2/c19-12(10-6-3-7-14-10)17-18-13(20)11-8-4-1-2-5-9(8)15-16-11/h1-7,14H,(H,15,16)(H,17,19)(H,18,20). The zero-order valence-corrected chi connectivity index (χ0v) is 10.3. The number of benzene rings is 1. The molecule has 0 radical (unpaired) electrons. The van der Waals surface area contributed by atoms with Gasteiger partial charge >= 0.3 is 0 Å². The lowest BCUT2D eigenvalue weighted by Gasteiger charge is -2.04. The van der Waals surface area contributed by atoms with E-state index in [-0.39, 0.29) is 5.69 Å². The Morgan fingerprint density at radius 2 is 1.80 bits per heavy atom. The van der Waals surface area contributed by atoms with Crippen molar-refractivity contribution in [2.24, 2.45) is 0 Å². The molecular weight excluding hydrogens is 258 g/mol. The lowest BCUT2D eigenvalue weighted by molar-refractivity contribution is 0.0842. The number of hydrazine groups is 1. The van der Waals surface area contributed by atoms with Crippen molar-refractivity contribution in [2.45, 2.75) is 0 Å². The Labute approximate surface area is 113 Å². The van der Waals surface area contributed by atoms with E-state index in [1.165, 1.54) is 0 Å². The zero-order valence-electron chi connectivity index (χ0n) is 10.3. The van der Waals surface area contributed by atoms with Crippen LogP contribution >= 0.6 is 0 Å². The maximum atomic E-state index is 12.0. The maximum absolute atomic E-state index is 12.0. The molecule has 0 saturated heterocycles. The summed E-state index contributed by atoms with van der Waals surface area (Å²) in [5.74, 6) is -0.912. The van der Waals surface area contributed by atoms with Gasteiger partial charge in [0, 0.05) is 11.6 Å². The molecule has 3 aromatic rings. The summed E-state index contributed by atoms with van der Waals surface area (Å²) in [6.07, 6.45) is 1.62. The van der Waals surface area contributed by atoms with E-state index in [0.717, 1.165) is 5.52 Å². The van der Waals surface area contributed by atoms with Gasteiger partial charge in [-0.2, -0.15) is 5.10 Å². The van der Waals surface area contributed by atoms with Crippen molar-refractivity contribution < 1.29 is 9.59 Å². The summed E-state index contributed by atoms with van der Waals surface area (Å²) < 4.78 is 0. The summed E-state index contributed by atoms with van der Waals surface area (Å²) in [6.45, 7) is 0. The Balaban J connectivity index is 1.72. The monoisotopic (exact) mass is 269 g/mol. The quantitative estimate of drug-likeness (QED) is 0.521. The summed E-state index contributed by atoms with van der Waals surface area (Å²) in [7, 11) is 0. The van der Waals surface area contributed by atoms with E-state index in [1.54, 1.807) is 24.4 Å². The van der Waals surface area contributed by atoms with Gasteiger partial charge in [0.2, 0.25) is 0 Å². The summed E-state index contributed by atoms with van der Waals surface area (Å²) >= 11 is 0. The second-order valence-electron chi connectivity index (χ2n) is 4.11. The van der Waals surface area contributed by atoms with Crippen molar-refractivity contribution in [2.75, 3.05) is 0 Å². The van der Waals surface area contributed by atoms with Crippen molar-refractivity contribution in [3.05, 3.63) is 54.0 Å². The highest BCUT2D eigenvalue weighted by Crippen LogP contribution is 2.14. The van der Waals surface area contributed by atoms with Gasteiger partial charge in [-0.1, -0.05) is 18.2 Å². The summed E-state index contributed by atoms with van der Waals surface area (Å²) in [4.78, 5) is 26.4. The van der Waals surface area contributed by atoms with Crippen LogP contribution in [-0.2, 0) is 0 Å². The number of aromatic nitrogens is 3. The Morgan fingerprint density at radius 1 is 1.00 bits per heavy atom. The molecule has 1 aromatic carbocycles. The van der Waals surface area contributed by atoms with E-state index >= 15 is 0 Å². The van der Waals surface area contributed by atoms with Crippen LogP contribution in [0, 0.1) is 0 Å². The zero-order chi connectivity index (χ0) is 13.9. The van der Waals surface area contributed by atoms with Crippen LogP contribution in [0.4, 0.5) is 0 Å². The van der Waals surface area contributed by atoms with Crippen LogP contribution < -0.4 is 10.9 Å². The van der Waals surface area contributed by atoms with Crippen molar-refractivity contribution in [1.82, 2.24) is 26.0 Å². The Bertz CT molecular complexity index is 760. The Hall–Kier alpha value is -3.09. The number of para-hydroxylation sites is 1. The van der Waals surface area contributed by atoms with Crippen LogP contribution in [0.15, 0.2) is 42.6 Å². The van der Waals surface area contributed by atoms with Crippen molar-refractivity contribution in [1.29, 1.82) is 0 Å². The first-order chi connectivity index (χ1) is 9.75. The molecule has 7 heteroatoms. The van der Waals surface area contributed by atoms with Crippen molar-refractivity contribution in [3.63, 3.8) is 0 Å². The third-order valence-electron chi connectivity index (χ3n) is 2.82. The number of hydrogen-bond donors (Lipinski definition) is 4. The Morgan fingerprint density at radius 3 is 2.60 bits per heavy atom. The summed E-state index contributed by atoms with van der Waals surface area (Å²) in [6, 6.07) is 10.5. The molecule has 0 aliphatic rings. The van der Waals surface area contributed by atoms with Crippen LogP contribution in [-0.4, -0.2) is 27.0 Å². The fourth-order valence-electron chi connectivity index (χ4n) is 1.85. The van der Waals surface area contributed by atoms with Crippen LogP contribution in [0.3, 0.4) is 0 Å². The molecule has 0 atom stereocenters. The molecule has 4 N–H and O–H groups in total. The van der Waals surface area contributed by atoms with E-state index in [0.29, 0.717) is 11.1 Å². The minimum atomic E-state index is -0.484. The average molecular weight is 269 g/mol. The second-order valence-corrected chi connectivity index (χ2v) is 4.11. The number of nitrogens with one attached hydrogen (secondary N) is 4. The number of amides is 2. The first-order valence-corrected chi connectivity index (χ1v) is 5.93. The van der Waals surface area contributed by atoms with Gasteiger partial charge in [-0.25, -0.2) is 0 Å². The second kappa shape index (κ2) is 4.88. The number of carbonyl (C=O) groups is 2. The maximum Gasteiger partial charge on any atom is 0.290 e. The van der Waals surface area contributed by atoms with E-state index in [1.807, 2.05) is 18.2 Å². The van der Waals surface area contributed by atoms with Gasteiger partial charge in [0.1, 0.15) is 5.69 Å². The number of hydrogen-bond acceptors (Lipinski definition) is 3. The molecule has 0 bridgehead atoms. The largest absolute Gasteiger partial charge is 0.357 e.